The van der Waals surface area contributed by atoms with E-state index in [9.17, 15) is 24.5 Å². The third-order valence-electron chi connectivity index (χ3n) is 10.3. The number of aliphatic imine (C=N–C) groups is 1. The first-order valence-electron chi connectivity index (χ1n) is 17.2. The van der Waals surface area contributed by atoms with Crippen molar-refractivity contribution in [3.8, 4) is 0 Å². The topological polar surface area (TPSA) is 184 Å². The molecule has 3 saturated carbocycles. The molecule has 2 bridgehead atoms. The molecule has 4 rings (SSSR count). The van der Waals surface area contributed by atoms with Crippen LogP contribution in [0.1, 0.15) is 126 Å². The van der Waals surface area contributed by atoms with Gasteiger partial charge in [-0.05, 0) is 82.0 Å². The Bertz CT molecular complexity index is 1100. The van der Waals surface area contributed by atoms with Crippen LogP contribution in [0, 0.1) is 39.2 Å². The number of nitro groups is 1. The minimum absolute atomic E-state index is 0. The van der Waals surface area contributed by atoms with Crippen molar-refractivity contribution in [1.29, 1.82) is 0 Å². The van der Waals surface area contributed by atoms with Gasteiger partial charge in [0.15, 0.2) is 5.03 Å². The Hall–Kier alpha value is -2.74. The molecule has 0 aromatic rings. The summed E-state index contributed by atoms with van der Waals surface area (Å²) in [5.41, 5.74) is 7.15. The largest absolute Gasteiger partial charge is 0.481 e. The van der Waals surface area contributed by atoms with Crippen molar-refractivity contribution >= 4 is 30.7 Å². The Morgan fingerprint density at radius 2 is 1.79 bits per heavy atom. The van der Waals surface area contributed by atoms with E-state index in [-0.39, 0.29) is 67.4 Å². The molecular formula is C33H60BN5O8. The monoisotopic (exact) mass is 665 g/mol. The molecule has 0 unspecified atom stereocenters. The summed E-state index contributed by atoms with van der Waals surface area (Å²) in [7, 11) is -0.569. The maximum Gasteiger partial charge on any atom is 0.481 e. The van der Waals surface area contributed by atoms with Crippen molar-refractivity contribution in [2.45, 2.75) is 144 Å². The van der Waals surface area contributed by atoms with Gasteiger partial charge in [0, 0.05) is 31.7 Å². The predicted molar refractivity (Wildman–Crippen MR) is 182 cm³/mol. The van der Waals surface area contributed by atoms with Crippen LogP contribution < -0.4 is 16.5 Å². The highest BCUT2D eigenvalue weighted by atomic mass is 16.7. The van der Waals surface area contributed by atoms with E-state index in [1.807, 2.05) is 5.43 Å². The van der Waals surface area contributed by atoms with Gasteiger partial charge < -0.3 is 25.1 Å². The number of carbonyl (C=O) groups is 3. The predicted octanol–water partition coefficient (Wildman–Crippen LogP) is 4.78. The maximum atomic E-state index is 13.8. The lowest BCUT2D eigenvalue weighted by atomic mass is 9.43. The Balaban J connectivity index is 0.00000768. The number of ether oxygens (including phenoxy) is 1. The number of esters is 1. The zero-order valence-electron chi connectivity index (χ0n) is 28.7. The molecule has 14 heteroatoms. The van der Waals surface area contributed by atoms with Crippen molar-refractivity contribution in [2.24, 2.45) is 39.8 Å². The smallest absolute Gasteiger partial charge is 0.466 e. The Morgan fingerprint density at radius 3 is 2.40 bits per heavy atom. The quantitative estimate of drug-likeness (QED) is 0.0311. The number of nitrogens with zero attached hydrogens (tertiary/aromatic N) is 2. The van der Waals surface area contributed by atoms with E-state index in [1.165, 1.54) is 0 Å². The van der Waals surface area contributed by atoms with Gasteiger partial charge in [-0.1, -0.05) is 53.4 Å². The van der Waals surface area contributed by atoms with Crippen LogP contribution in [0.25, 0.3) is 0 Å². The standard InChI is InChI=1S/C32H56BN5O8.CH4/c1-7-44-28(40)15-11-9-8-10-14-24(39)18-22(13-12-16-35-30(34)37-38(42)43)29(41)36-27(17-21(2)3)33-45-26-20-23-19-25(31(23,4)5)32(26,6)46-33;/h21-23,25-27H,7-20H2,1-6H3,(H,36,41)(H3,34,35,37);1H4/t22-,23+,25+,26-,27+,32+;/m1./s1. The first kappa shape index (κ1) is 40.4. The summed E-state index contributed by atoms with van der Waals surface area (Å²) in [4.78, 5) is 53.0. The van der Waals surface area contributed by atoms with Crippen molar-refractivity contribution in [1.82, 2.24) is 10.7 Å². The number of hydrogen-bond donors (Lipinski definition) is 3. The number of carbonyl (C=O) groups excluding carboxylic acids is 3. The first-order valence-corrected chi connectivity index (χ1v) is 17.2. The van der Waals surface area contributed by atoms with Crippen LogP contribution >= 0.6 is 0 Å². The number of rotatable bonds is 20. The zero-order chi connectivity index (χ0) is 34.1. The number of nitrogens with one attached hydrogen (secondary N) is 2. The molecule has 13 nitrogen and oxygen atoms in total. The number of unbranched alkanes of at least 4 members (excludes halogenated alkanes) is 3. The van der Waals surface area contributed by atoms with Gasteiger partial charge in [0.1, 0.15) is 5.78 Å². The number of amides is 1. The highest BCUT2D eigenvalue weighted by molar-refractivity contribution is 6.47. The van der Waals surface area contributed by atoms with Gasteiger partial charge in [0.05, 0.1) is 24.3 Å². The molecule has 1 aliphatic heterocycles. The van der Waals surface area contributed by atoms with E-state index in [0.717, 1.165) is 25.7 Å². The fourth-order valence-electron chi connectivity index (χ4n) is 7.66. The van der Waals surface area contributed by atoms with Gasteiger partial charge >= 0.3 is 13.1 Å². The van der Waals surface area contributed by atoms with Crippen molar-refractivity contribution < 1.29 is 33.5 Å². The molecule has 0 aromatic heterocycles. The average molecular weight is 666 g/mol. The summed E-state index contributed by atoms with van der Waals surface area (Å²) in [6.07, 6.45) is 7.37. The molecule has 268 valence electrons. The second-order valence-corrected chi connectivity index (χ2v) is 14.5. The second kappa shape index (κ2) is 18.1. The minimum Gasteiger partial charge on any atom is -0.466 e. The molecule has 0 spiro atoms. The molecule has 0 aromatic carbocycles. The summed E-state index contributed by atoms with van der Waals surface area (Å²) in [5.74, 6) is -0.434. The summed E-state index contributed by atoms with van der Waals surface area (Å²) >= 11 is 0. The van der Waals surface area contributed by atoms with Crippen LogP contribution in [0.5, 0.6) is 0 Å². The summed E-state index contributed by atoms with van der Waals surface area (Å²) in [6, 6.07) is 0. The van der Waals surface area contributed by atoms with Gasteiger partial charge in [-0.15, -0.1) is 0 Å². The molecule has 4 aliphatic rings. The molecule has 3 aliphatic carbocycles. The van der Waals surface area contributed by atoms with Crippen LogP contribution in [-0.4, -0.2) is 66.6 Å². The molecule has 1 amide bonds. The van der Waals surface area contributed by atoms with E-state index in [2.05, 4.69) is 44.9 Å². The summed E-state index contributed by atoms with van der Waals surface area (Å²) < 4.78 is 18.2. The van der Waals surface area contributed by atoms with E-state index in [1.54, 1.807) is 6.92 Å². The Labute approximate surface area is 281 Å². The van der Waals surface area contributed by atoms with Crippen LogP contribution in [0.2, 0.25) is 0 Å². The lowest BCUT2D eigenvalue weighted by molar-refractivity contribution is -0.525. The van der Waals surface area contributed by atoms with E-state index in [4.69, 9.17) is 19.8 Å². The Morgan fingerprint density at radius 1 is 1.11 bits per heavy atom. The molecule has 1 saturated heterocycles. The number of Topliss-reactive ketones (excluding diaryl/α,β-unsaturated/α-hetero) is 1. The number of hydrogen-bond acceptors (Lipinski definition) is 9. The summed E-state index contributed by atoms with van der Waals surface area (Å²) in [5, 5.41) is 13.0. The van der Waals surface area contributed by atoms with Gasteiger partial charge in [-0.3, -0.25) is 14.4 Å². The molecule has 4 N–H and O–H groups in total. The van der Waals surface area contributed by atoms with Crippen molar-refractivity contribution in [2.75, 3.05) is 13.2 Å². The lowest BCUT2D eigenvalue weighted by Crippen LogP contribution is -2.65. The van der Waals surface area contributed by atoms with Crippen LogP contribution in [-0.2, 0) is 28.4 Å². The molecule has 6 atom stereocenters. The van der Waals surface area contributed by atoms with Crippen LogP contribution in [0.4, 0.5) is 0 Å². The van der Waals surface area contributed by atoms with Crippen molar-refractivity contribution in [3.05, 3.63) is 10.1 Å². The first-order chi connectivity index (χ1) is 21.7. The maximum absolute atomic E-state index is 13.8. The summed E-state index contributed by atoms with van der Waals surface area (Å²) in [6.45, 7) is 13.3. The normalized spacial score (nSPS) is 25.6. The highest BCUT2D eigenvalue weighted by Gasteiger charge is 2.68. The number of guanidine groups is 1. The molecule has 0 radical (unpaired) electrons. The van der Waals surface area contributed by atoms with Gasteiger partial charge in [0.25, 0.3) is 5.96 Å². The molecule has 47 heavy (non-hydrogen) atoms. The third kappa shape index (κ3) is 11.2. The minimum atomic E-state index is -0.784. The van der Waals surface area contributed by atoms with Crippen LogP contribution in [0.3, 0.4) is 0 Å². The molecule has 1 heterocycles. The zero-order valence-corrected chi connectivity index (χ0v) is 28.7. The molecular weight excluding hydrogens is 605 g/mol. The number of nitrogens with two attached hydrogens (primary N) is 1. The van der Waals surface area contributed by atoms with E-state index in [0.29, 0.717) is 63.4 Å². The third-order valence-corrected chi connectivity index (χ3v) is 10.3. The second-order valence-electron chi connectivity index (χ2n) is 14.5. The SMILES string of the molecule is C.CCOC(=O)CCCCCCC(=O)C[C@@H](CCCN=C(N)N[N+](=O)[O-])C(=O)N[C@@H](CC(C)C)B1O[C@@H]2C[C@@H]3C[C@@H](C3(C)C)[C@]2(C)O1. The number of hydrazine groups is 1. The molecule has 4 fully saturated rings. The van der Waals surface area contributed by atoms with Crippen LogP contribution in [0.15, 0.2) is 4.99 Å². The van der Waals surface area contributed by atoms with Crippen molar-refractivity contribution in [3.63, 3.8) is 0 Å². The Kier molecular flexibility index (Phi) is 15.6. The number of ketones is 1. The average Bonchev–Trinajstić information content (AvgIpc) is 3.32. The lowest BCUT2D eigenvalue weighted by Gasteiger charge is -2.64. The van der Waals surface area contributed by atoms with Gasteiger partial charge in [-0.25, -0.2) is 15.1 Å². The van der Waals surface area contributed by atoms with E-state index >= 15 is 0 Å². The fourth-order valence-corrected chi connectivity index (χ4v) is 7.66. The van der Waals surface area contributed by atoms with Gasteiger partial charge in [-0.2, -0.15) is 0 Å². The van der Waals surface area contributed by atoms with E-state index < -0.39 is 23.7 Å². The fraction of sp³-hybridized carbons (Fsp3) is 0.879. The highest BCUT2D eigenvalue weighted by Crippen LogP contribution is 2.65. The van der Waals surface area contributed by atoms with Gasteiger partial charge in [0.2, 0.25) is 5.91 Å².